The molecular formula is C19H25NO3. The summed E-state index contributed by atoms with van der Waals surface area (Å²) in [6.07, 6.45) is 5.90. The average Bonchev–Trinajstić information content (AvgIpc) is 3.32. The van der Waals surface area contributed by atoms with E-state index in [1.165, 1.54) is 5.56 Å². The van der Waals surface area contributed by atoms with Crippen LogP contribution in [0.1, 0.15) is 37.7 Å². The zero-order valence-corrected chi connectivity index (χ0v) is 13.5. The number of hydrogen-bond acceptors (Lipinski definition) is 3. The lowest BCUT2D eigenvalue weighted by Crippen LogP contribution is -2.43. The van der Waals surface area contributed by atoms with Crippen LogP contribution in [0.2, 0.25) is 0 Å². The summed E-state index contributed by atoms with van der Waals surface area (Å²) in [5.74, 6) is 0.315. The summed E-state index contributed by atoms with van der Waals surface area (Å²) in [4.78, 5) is 15.1. The van der Waals surface area contributed by atoms with Gasteiger partial charge in [0.15, 0.2) is 0 Å². The van der Waals surface area contributed by atoms with Crippen molar-refractivity contribution in [2.45, 2.75) is 57.0 Å². The number of nitrogens with zero attached hydrogens (tertiary/aromatic N) is 1. The first kappa shape index (κ1) is 15.2. The summed E-state index contributed by atoms with van der Waals surface area (Å²) in [7, 11) is 0. The monoisotopic (exact) mass is 315 g/mol. The molecular weight excluding hydrogens is 290 g/mol. The van der Waals surface area contributed by atoms with Crippen LogP contribution < -0.4 is 0 Å². The second-order valence-corrected chi connectivity index (χ2v) is 7.06. The van der Waals surface area contributed by atoms with Gasteiger partial charge in [-0.3, -0.25) is 4.79 Å². The topological polar surface area (TPSA) is 38.8 Å². The molecule has 4 unspecified atom stereocenters. The van der Waals surface area contributed by atoms with E-state index in [-0.39, 0.29) is 24.0 Å². The van der Waals surface area contributed by atoms with E-state index in [0.29, 0.717) is 19.2 Å². The van der Waals surface area contributed by atoms with Gasteiger partial charge in [-0.05, 0) is 37.7 Å². The second-order valence-electron chi connectivity index (χ2n) is 7.06. The summed E-state index contributed by atoms with van der Waals surface area (Å²) in [5, 5.41) is 0. The molecule has 2 bridgehead atoms. The molecule has 124 valence electrons. The highest BCUT2D eigenvalue weighted by Gasteiger charge is 2.46. The predicted octanol–water partition coefficient (Wildman–Crippen LogP) is 2.76. The standard InChI is InChI=1S/C19H25NO3/c21-19(17-11-15-8-9-18(17)23-15)20(13-16-7-4-10-22-16)12-14-5-2-1-3-6-14/h1-3,5-6,15-18H,4,7-13H2. The highest BCUT2D eigenvalue weighted by atomic mass is 16.5. The Morgan fingerprint density at radius 2 is 2.04 bits per heavy atom. The number of benzene rings is 1. The summed E-state index contributed by atoms with van der Waals surface area (Å²) in [5.41, 5.74) is 1.18. The van der Waals surface area contributed by atoms with Crippen LogP contribution in [0, 0.1) is 5.92 Å². The summed E-state index contributed by atoms with van der Waals surface area (Å²) in [6.45, 7) is 2.21. The minimum absolute atomic E-state index is 0.0545. The van der Waals surface area contributed by atoms with Crippen LogP contribution in [-0.2, 0) is 20.8 Å². The molecule has 4 atom stereocenters. The molecule has 1 aromatic rings. The summed E-state index contributed by atoms with van der Waals surface area (Å²) >= 11 is 0. The van der Waals surface area contributed by atoms with Crippen molar-refractivity contribution in [1.82, 2.24) is 4.90 Å². The Labute approximate surface area is 137 Å². The van der Waals surface area contributed by atoms with Crippen LogP contribution >= 0.6 is 0 Å². The van der Waals surface area contributed by atoms with Gasteiger partial charge in [0, 0.05) is 19.7 Å². The van der Waals surface area contributed by atoms with Gasteiger partial charge in [0.25, 0.3) is 0 Å². The first-order valence-electron chi connectivity index (χ1n) is 8.89. The Morgan fingerprint density at radius 3 is 2.70 bits per heavy atom. The zero-order chi connectivity index (χ0) is 15.6. The molecule has 3 fully saturated rings. The fourth-order valence-electron chi connectivity index (χ4n) is 4.20. The molecule has 0 aromatic heterocycles. The largest absolute Gasteiger partial charge is 0.376 e. The lowest BCUT2D eigenvalue weighted by molar-refractivity contribution is -0.139. The first-order chi connectivity index (χ1) is 11.3. The van der Waals surface area contributed by atoms with Crippen LogP contribution in [0.5, 0.6) is 0 Å². The second kappa shape index (κ2) is 6.62. The SMILES string of the molecule is O=C(C1CC2CCC1O2)N(Cc1ccccc1)CC1CCCO1. The molecule has 0 spiro atoms. The van der Waals surface area contributed by atoms with Gasteiger partial charge in [0.05, 0.1) is 24.2 Å². The number of amides is 1. The molecule has 0 radical (unpaired) electrons. The normalized spacial score (nSPS) is 32.3. The van der Waals surface area contributed by atoms with Crippen molar-refractivity contribution in [2.24, 2.45) is 5.92 Å². The Kier molecular flexibility index (Phi) is 4.36. The van der Waals surface area contributed by atoms with Crippen molar-refractivity contribution in [3.8, 4) is 0 Å². The van der Waals surface area contributed by atoms with Gasteiger partial charge in [-0.15, -0.1) is 0 Å². The van der Waals surface area contributed by atoms with Crippen molar-refractivity contribution in [3.63, 3.8) is 0 Å². The Morgan fingerprint density at radius 1 is 1.17 bits per heavy atom. The third-order valence-corrected chi connectivity index (χ3v) is 5.40. The molecule has 3 aliphatic rings. The highest BCUT2D eigenvalue weighted by molar-refractivity contribution is 5.80. The number of carbonyl (C=O) groups is 1. The third-order valence-electron chi connectivity index (χ3n) is 5.40. The van der Waals surface area contributed by atoms with E-state index in [1.807, 2.05) is 23.1 Å². The van der Waals surface area contributed by atoms with Crippen molar-refractivity contribution < 1.29 is 14.3 Å². The van der Waals surface area contributed by atoms with Crippen LogP contribution in [0.15, 0.2) is 30.3 Å². The van der Waals surface area contributed by atoms with Crippen LogP contribution in [0.4, 0.5) is 0 Å². The highest BCUT2D eigenvalue weighted by Crippen LogP contribution is 2.40. The Bertz CT molecular complexity index is 541. The fraction of sp³-hybridized carbons (Fsp3) is 0.632. The molecule has 4 nitrogen and oxygen atoms in total. The number of carbonyl (C=O) groups excluding carboxylic acids is 1. The Hall–Kier alpha value is -1.39. The minimum atomic E-state index is 0.0545. The van der Waals surface area contributed by atoms with Crippen molar-refractivity contribution >= 4 is 5.91 Å². The van der Waals surface area contributed by atoms with E-state index in [9.17, 15) is 4.79 Å². The lowest BCUT2D eigenvalue weighted by Gasteiger charge is -2.30. The van der Waals surface area contributed by atoms with Crippen molar-refractivity contribution in [2.75, 3.05) is 13.2 Å². The number of rotatable bonds is 5. The molecule has 0 saturated carbocycles. The number of hydrogen-bond donors (Lipinski definition) is 0. The minimum Gasteiger partial charge on any atom is -0.376 e. The molecule has 23 heavy (non-hydrogen) atoms. The van der Waals surface area contributed by atoms with Crippen molar-refractivity contribution in [1.29, 1.82) is 0 Å². The van der Waals surface area contributed by atoms with Gasteiger partial charge in [0.2, 0.25) is 5.91 Å². The average molecular weight is 315 g/mol. The molecule has 1 amide bonds. The van der Waals surface area contributed by atoms with Gasteiger partial charge in [0.1, 0.15) is 0 Å². The number of ether oxygens (including phenoxy) is 2. The van der Waals surface area contributed by atoms with Crippen LogP contribution in [-0.4, -0.2) is 42.3 Å². The third kappa shape index (κ3) is 3.29. The number of fused-ring (bicyclic) bond motifs is 2. The molecule has 4 heteroatoms. The van der Waals surface area contributed by atoms with Gasteiger partial charge < -0.3 is 14.4 Å². The van der Waals surface area contributed by atoms with Gasteiger partial charge in [-0.1, -0.05) is 30.3 Å². The molecule has 3 saturated heterocycles. The van der Waals surface area contributed by atoms with E-state index in [0.717, 1.165) is 38.7 Å². The van der Waals surface area contributed by atoms with E-state index in [4.69, 9.17) is 9.47 Å². The van der Waals surface area contributed by atoms with Gasteiger partial charge >= 0.3 is 0 Å². The van der Waals surface area contributed by atoms with Gasteiger partial charge in [-0.2, -0.15) is 0 Å². The molecule has 4 rings (SSSR count). The zero-order valence-electron chi connectivity index (χ0n) is 13.5. The molecule has 3 aliphatic heterocycles. The molecule has 0 N–H and O–H groups in total. The maximum atomic E-state index is 13.1. The van der Waals surface area contributed by atoms with Crippen LogP contribution in [0.25, 0.3) is 0 Å². The van der Waals surface area contributed by atoms with E-state index in [1.54, 1.807) is 0 Å². The predicted molar refractivity (Wildman–Crippen MR) is 86.8 cm³/mol. The molecule has 0 aliphatic carbocycles. The molecule has 1 aromatic carbocycles. The smallest absolute Gasteiger partial charge is 0.228 e. The van der Waals surface area contributed by atoms with E-state index in [2.05, 4.69) is 12.1 Å². The molecule has 3 heterocycles. The lowest BCUT2D eigenvalue weighted by atomic mass is 9.88. The quantitative estimate of drug-likeness (QED) is 0.838. The maximum absolute atomic E-state index is 13.1. The van der Waals surface area contributed by atoms with E-state index < -0.39 is 0 Å². The fourth-order valence-corrected chi connectivity index (χ4v) is 4.20. The maximum Gasteiger partial charge on any atom is 0.228 e. The summed E-state index contributed by atoms with van der Waals surface area (Å²) in [6, 6.07) is 10.3. The first-order valence-corrected chi connectivity index (χ1v) is 8.89. The van der Waals surface area contributed by atoms with Crippen molar-refractivity contribution in [3.05, 3.63) is 35.9 Å². The van der Waals surface area contributed by atoms with E-state index >= 15 is 0 Å². The van der Waals surface area contributed by atoms with Gasteiger partial charge in [-0.25, -0.2) is 0 Å². The van der Waals surface area contributed by atoms with Crippen LogP contribution in [0.3, 0.4) is 0 Å². The Balaban J connectivity index is 1.48. The summed E-state index contributed by atoms with van der Waals surface area (Å²) < 4.78 is 11.7.